The van der Waals surface area contributed by atoms with Crippen molar-refractivity contribution in [1.29, 1.82) is 0 Å². The van der Waals surface area contributed by atoms with Crippen molar-refractivity contribution in [1.82, 2.24) is 20.4 Å². The predicted molar refractivity (Wildman–Crippen MR) is 107 cm³/mol. The van der Waals surface area contributed by atoms with E-state index in [2.05, 4.69) is 15.8 Å². The van der Waals surface area contributed by atoms with E-state index >= 15 is 0 Å². The Bertz CT molecular complexity index is 1160. The molecule has 0 saturated carbocycles. The molecule has 7 nitrogen and oxygen atoms in total. The molecule has 0 radical (unpaired) electrons. The highest BCUT2D eigenvalue weighted by atomic mass is 32.1. The molecule has 142 valence electrons. The van der Waals surface area contributed by atoms with Crippen molar-refractivity contribution in [2.45, 2.75) is 13.3 Å². The third kappa shape index (κ3) is 3.41. The molecule has 0 aliphatic rings. The van der Waals surface area contributed by atoms with Gasteiger partial charge in [0.05, 0.1) is 22.6 Å². The number of fused-ring (bicyclic) bond motifs is 1. The zero-order valence-electron chi connectivity index (χ0n) is 15.4. The lowest BCUT2D eigenvalue weighted by Gasteiger charge is -2.06. The Morgan fingerprint density at radius 2 is 2.00 bits per heavy atom. The molecular formula is C20H18N4O3S. The number of thiophene rings is 1. The number of hydrazine groups is 1. The van der Waals surface area contributed by atoms with E-state index in [1.165, 1.54) is 11.3 Å². The van der Waals surface area contributed by atoms with Gasteiger partial charge in [0.1, 0.15) is 5.76 Å². The van der Waals surface area contributed by atoms with Gasteiger partial charge in [-0.05, 0) is 24.4 Å². The maximum absolute atomic E-state index is 12.5. The molecule has 8 heteroatoms. The van der Waals surface area contributed by atoms with Crippen molar-refractivity contribution >= 4 is 34.1 Å². The van der Waals surface area contributed by atoms with Crippen LogP contribution in [0.4, 0.5) is 0 Å². The normalized spacial score (nSPS) is 10.9. The average molecular weight is 394 g/mol. The first-order chi connectivity index (χ1) is 13.5. The standard InChI is InChI=1S/C20H18N4O3S/c1-12-15(21-20(27-12)17-8-5-9-28-17)10-18(25)22-23-19(26)14-11-24(2)16-7-4-3-6-13(14)16/h3-9,11H,10H2,1-2H3,(H,22,25)(H,23,26). The molecule has 0 unspecified atom stereocenters. The van der Waals surface area contributed by atoms with Crippen molar-refractivity contribution in [2.24, 2.45) is 7.05 Å². The molecule has 2 N–H and O–H groups in total. The van der Waals surface area contributed by atoms with Crippen molar-refractivity contribution in [3.8, 4) is 10.8 Å². The van der Waals surface area contributed by atoms with Crippen LogP contribution in [0.5, 0.6) is 0 Å². The van der Waals surface area contributed by atoms with Crippen LogP contribution < -0.4 is 10.9 Å². The summed E-state index contributed by atoms with van der Waals surface area (Å²) in [7, 11) is 1.87. The van der Waals surface area contributed by atoms with Crippen LogP contribution in [0.2, 0.25) is 0 Å². The maximum atomic E-state index is 12.5. The first kappa shape index (κ1) is 18.0. The number of nitrogens with zero attached hydrogens (tertiary/aromatic N) is 2. The molecule has 4 aromatic rings. The van der Waals surface area contributed by atoms with Gasteiger partial charge in [-0.2, -0.15) is 0 Å². The van der Waals surface area contributed by atoms with Crippen LogP contribution in [0.1, 0.15) is 21.8 Å². The first-order valence-corrected chi connectivity index (χ1v) is 9.54. The Balaban J connectivity index is 1.41. The molecule has 3 heterocycles. The monoisotopic (exact) mass is 394 g/mol. The molecule has 2 amide bonds. The second-order valence-electron chi connectivity index (χ2n) is 6.35. The Morgan fingerprint density at radius 1 is 1.18 bits per heavy atom. The summed E-state index contributed by atoms with van der Waals surface area (Å²) >= 11 is 1.52. The van der Waals surface area contributed by atoms with Crippen LogP contribution in [0.15, 0.2) is 52.4 Å². The van der Waals surface area contributed by atoms with Gasteiger partial charge in [-0.25, -0.2) is 4.98 Å². The summed E-state index contributed by atoms with van der Waals surface area (Å²) in [5.74, 6) is 0.332. The van der Waals surface area contributed by atoms with E-state index in [1.54, 1.807) is 13.1 Å². The average Bonchev–Trinajstić information content (AvgIpc) is 3.41. The van der Waals surface area contributed by atoms with Gasteiger partial charge in [-0.1, -0.05) is 24.3 Å². The number of carbonyl (C=O) groups excluding carboxylic acids is 2. The maximum Gasteiger partial charge on any atom is 0.271 e. The number of aryl methyl sites for hydroxylation is 2. The molecule has 0 fully saturated rings. The number of hydrogen-bond acceptors (Lipinski definition) is 5. The number of aromatic nitrogens is 2. The third-order valence-corrected chi connectivity index (χ3v) is 5.27. The highest BCUT2D eigenvalue weighted by Crippen LogP contribution is 2.26. The second-order valence-corrected chi connectivity index (χ2v) is 7.30. The SMILES string of the molecule is Cc1oc(-c2cccs2)nc1CC(=O)NNC(=O)c1cn(C)c2ccccc12. The van der Waals surface area contributed by atoms with Crippen molar-refractivity contribution in [2.75, 3.05) is 0 Å². The van der Waals surface area contributed by atoms with Gasteiger partial charge in [-0.15, -0.1) is 11.3 Å². The number of benzene rings is 1. The Morgan fingerprint density at radius 3 is 2.79 bits per heavy atom. The highest BCUT2D eigenvalue weighted by molar-refractivity contribution is 7.13. The highest BCUT2D eigenvalue weighted by Gasteiger charge is 2.17. The lowest BCUT2D eigenvalue weighted by molar-refractivity contribution is -0.121. The zero-order chi connectivity index (χ0) is 19.7. The zero-order valence-corrected chi connectivity index (χ0v) is 16.2. The van der Waals surface area contributed by atoms with Crippen molar-refractivity contribution in [3.63, 3.8) is 0 Å². The van der Waals surface area contributed by atoms with Crippen molar-refractivity contribution < 1.29 is 14.0 Å². The first-order valence-electron chi connectivity index (χ1n) is 8.66. The topological polar surface area (TPSA) is 89.2 Å². The minimum absolute atomic E-state index is 0.0104. The van der Waals surface area contributed by atoms with Gasteiger partial charge >= 0.3 is 0 Å². The van der Waals surface area contributed by atoms with E-state index in [9.17, 15) is 9.59 Å². The fraction of sp³-hybridized carbons (Fsp3) is 0.150. The summed E-state index contributed by atoms with van der Waals surface area (Å²) in [6.07, 6.45) is 1.75. The van der Waals surface area contributed by atoms with Gasteiger partial charge < -0.3 is 8.98 Å². The fourth-order valence-electron chi connectivity index (χ4n) is 3.01. The van der Waals surface area contributed by atoms with Gasteiger partial charge in [0.2, 0.25) is 11.8 Å². The van der Waals surface area contributed by atoms with E-state index in [0.717, 1.165) is 15.8 Å². The van der Waals surface area contributed by atoms with Crippen LogP contribution in [-0.4, -0.2) is 21.4 Å². The summed E-state index contributed by atoms with van der Waals surface area (Å²) in [4.78, 5) is 30.0. The quantitative estimate of drug-likeness (QED) is 0.520. The fourth-order valence-corrected chi connectivity index (χ4v) is 3.66. The molecular weight excluding hydrogens is 376 g/mol. The Hall–Kier alpha value is -3.39. The molecule has 28 heavy (non-hydrogen) atoms. The van der Waals surface area contributed by atoms with Crippen LogP contribution in [0.3, 0.4) is 0 Å². The predicted octanol–water partition coefficient (Wildman–Crippen LogP) is 3.21. The summed E-state index contributed by atoms with van der Waals surface area (Å²) < 4.78 is 7.51. The van der Waals surface area contributed by atoms with Crippen LogP contribution >= 0.6 is 11.3 Å². The van der Waals surface area contributed by atoms with Crippen molar-refractivity contribution in [3.05, 3.63) is 65.0 Å². The molecule has 4 rings (SSSR count). The molecule has 0 saturated heterocycles. The van der Waals surface area contributed by atoms with Gasteiger partial charge in [-0.3, -0.25) is 20.4 Å². The summed E-state index contributed by atoms with van der Waals surface area (Å²) in [5, 5.41) is 2.76. The van der Waals surface area contributed by atoms with Gasteiger partial charge in [0, 0.05) is 24.1 Å². The van der Waals surface area contributed by atoms with Crippen LogP contribution in [0, 0.1) is 6.92 Å². The van der Waals surface area contributed by atoms with E-state index in [-0.39, 0.29) is 18.2 Å². The summed E-state index contributed by atoms with van der Waals surface area (Å²) in [6, 6.07) is 11.4. The summed E-state index contributed by atoms with van der Waals surface area (Å²) in [6.45, 7) is 1.77. The molecule has 0 spiro atoms. The summed E-state index contributed by atoms with van der Waals surface area (Å²) in [5.41, 5.74) is 6.90. The minimum atomic E-state index is -0.374. The molecule has 1 aromatic carbocycles. The lowest BCUT2D eigenvalue weighted by atomic mass is 10.2. The Kier molecular flexibility index (Phi) is 4.70. The number of hydrogen-bond donors (Lipinski definition) is 2. The number of oxazole rings is 1. The van der Waals surface area contributed by atoms with E-state index < -0.39 is 0 Å². The second kappa shape index (κ2) is 7.32. The van der Waals surface area contributed by atoms with Gasteiger partial charge in [0.25, 0.3) is 5.91 Å². The number of amides is 2. The van der Waals surface area contributed by atoms with E-state index in [1.807, 2.05) is 53.4 Å². The van der Waals surface area contributed by atoms with E-state index in [4.69, 9.17) is 4.42 Å². The van der Waals surface area contributed by atoms with Crippen LogP contribution in [0.25, 0.3) is 21.7 Å². The number of carbonyl (C=O) groups is 2. The van der Waals surface area contributed by atoms with E-state index in [0.29, 0.717) is 22.9 Å². The molecule has 0 bridgehead atoms. The smallest absolute Gasteiger partial charge is 0.271 e. The molecule has 0 aliphatic heterocycles. The molecule has 0 aliphatic carbocycles. The number of rotatable bonds is 4. The third-order valence-electron chi connectivity index (χ3n) is 4.41. The Labute approximate surface area is 165 Å². The van der Waals surface area contributed by atoms with Gasteiger partial charge in [0.15, 0.2) is 0 Å². The largest absolute Gasteiger partial charge is 0.440 e. The number of para-hydroxylation sites is 1. The minimum Gasteiger partial charge on any atom is -0.440 e. The number of nitrogens with one attached hydrogen (secondary N) is 2. The molecule has 3 aromatic heterocycles. The molecule has 0 atom stereocenters. The lowest BCUT2D eigenvalue weighted by Crippen LogP contribution is -2.42. The van der Waals surface area contributed by atoms with Crippen LogP contribution in [-0.2, 0) is 18.3 Å².